The number of nitro benzene ring substituents is 1. The van der Waals surface area contributed by atoms with Gasteiger partial charge in [-0.15, -0.1) is 0 Å². The largest absolute Gasteiger partial charge is 0.453 e. The molecule has 0 bridgehead atoms. The van der Waals surface area contributed by atoms with Crippen LogP contribution in [0.4, 0.5) is 11.4 Å². The molecule has 4 aromatic rings. The number of nitrogens with one attached hydrogen (secondary N) is 1. The Hall–Kier alpha value is -5.14. The molecule has 12 nitrogen and oxygen atoms in total. The highest BCUT2D eigenvalue weighted by Crippen LogP contribution is 2.42. The predicted octanol–water partition coefficient (Wildman–Crippen LogP) is 5.94. The molecular formula is C41H46N4O8. The average Bonchev–Trinajstić information content (AvgIpc) is 3.18. The molecule has 0 aliphatic carbocycles. The van der Waals surface area contributed by atoms with Crippen LogP contribution in [0.15, 0.2) is 97.1 Å². The summed E-state index contributed by atoms with van der Waals surface area (Å²) in [5, 5.41) is 23.5. The predicted molar refractivity (Wildman–Crippen MR) is 200 cm³/mol. The smallest absolute Gasteiger partial charge is 0.303 e. The number of esters is 1. The van der Waals surface area contributed by atoms with Gasteiger partial charge in [-0.2, -0.15) is 0 Å². The highest BCUT2D eigenvalue weighted by molar-refractivity contribution is 5.82. The van der Waals surface area contributed by atoms with Crippen LogP contribution < -0.4 is 10.2 Å². The number of nitro groups is 1. The molecule has 0 aromatic heterocycles. The molecule has 278 valence electrons. The first-order valence-corrected chi connectivity index (χ1v) is 17.9. The molecule has 2 aliphatic heterocycles. The fourth-order valence-corrected chi connectivity index (χ4v) is 6.89. The van der Waals surface area contributed by atoms with Crippen LogP contribution in [0, 0.1) is 16.0 Å². The summed E-state index contributed by atoms with van der Waals surface area (Å²) in [5.41, 5.74) is 6.72. The molecule has 0 unspecified atom stereocenters. The molecule has 2 heterocycles. The monoisotopic (exact) mass is 722 g/mol. The zero-order valence-electron chi connectivity index (χ0n) is 30.2. The third kappa shape index (κ3) is 9.46. The van der Waals surface area contributed by atoms with Gasteiger partial charge >= 0.3 is 5.97 Å². The summed E-state index contributed by atoms with van der Waals surface area (Å²) < 4.78 is 18.4. The van der Waals surface area contributed by atoms with Crippen molar-refractivity contribution >= 4 is 23.3 Å². The van der Waals surface area contributed by atoms with E-state index in [4.69, 9.17) is 14.2 Å². The number of hydrogen-bond donors (Lipinski definition) is 2. The highest BCUT2D eigenvalue weighted by atomic mass is 16.7. The molecule has 0 radical (unpaired) electrons. The van der Waals surface area contributed by atoms with E-state index in [1.807, 2.05) is 84.9 Å². The van der Waals surface area contributed by atoms with Crippen molar-refractivity contribution < 1.29 is 33.8 Å². The summed E-state index contributed by atoms with van der Waals surface area (Å²) in [7, 11) is 0. The number of nitrogens with zero attached hydrogens (tertiary/aromatic N) is 3. The van der Waals surface area contributed by atoms with E-state index in [1.165, 1.54) is 6.92 Å². The zero-order valence-corrected chi connectivity index (χ0v) is 30.2. The van der Waals surface area contributed by atoms with Crippen LogP contribution in [-0.4, -0.2) is 71.7 Å². The highest BCUT2D eigenvalue weighted by Gasteiger charge is 2.39. The van der Waals surface area contributed by atoms with Crippen molar-refractivity contribution in [3.63, 3.8) is 0 Å². The number of hydrogen-bond acceptors (Lipinski definition) is 10. The van der Waals surface area contributed by atoms with E-state index >= 15 is 0 Å². The summed E-state index contributed by atoms with van der Waals surface area (Å²) in [6.07, 6.45) is -1.83. The maximum atomic E-state index is 12.3. The molecule has 2 aliphatic rings. The molecule has 6 rings (SSSR count). The lowest BCUT2D eigenvalue weighted by molar-refractivity contribution is -0.384. The molecule has 2 fully saturated rings. The number of piperazine rings is 1. The van der Waals surface area contributed by atoms with Crippen molar-refractivity contribution in [3.8, 4) is 11.1 Å². The van der Waals surface area contributed by atoms with Crippen LogP contribution in [0.3, 0.4) is 0 Å². The summed E-state index contributed by atoms with van der Waals surface area (Å²) >= 11 is 0. The van der Waals surface area contributed by atoms with Gasteiger partial charge in [0.05, 0.1) is 23.7 Å². The Bertz CT molecular complexity index is 1860. The Morgan fingerprint density at radius 1 is 0.906 bits per heavy atom. The van der Waals surface area contributed by atoms with Crippen LogP contribution in [0.2, 0.25) is 0 Å². The van der Waals surface area contributed by atoms with Crippen molar-refractivity contribution in [2.24, 2.45) is 5.92 Å². The van der Waals surface area contributed by atoms with Gasteiger partial charge in [-0.3, -0.25) is 24.6 Å². The number of carbonyl (C=O) groups is 2. The molecule has 53 heavy (non-hydrogen) atoms. The normalized spacial score (nSPS) is 21.1. The van der Waals surface area contributed by atoms with Gasteiger partial charge in [0.2, 0.25) is 0 Å². The van der Waals surface area contributed by atoms with E-state index in [-0.39, 0.29) is 41.3 Å². The van der Waals surface area contributed by atoms with Crippen LogP contribution in [0.25, 0.3) is 11.1 Å². The number of carbonyl (C=O) groups excluding carboxylic acids is 2. The Morgan fingerprint density at radius 2 is 1.58 bits per heavy atom. The van der Waals surface area contributed by atoms with Gasteiger partial charge in [0.15, 0.2) is 12.4 Å². The summed E-state index contributed by atoms with van der Waals surface area (Å²) in [4.78, 5) is 38.9. The van der Waals surface area contributed by atoms with Crippen molar-refractivity contribution in [1.82, 2.24) is 10.2 Å². The first kappa shape index (κ1) is 37.6. The van der Waals surface area contributed by atoms with Gasteiger partial charge in [-0.1, -0.05) is 73.7 Å². The molecule has 2 N–H and O–H groups in total. The standard InChI is InChI=1S/C41H46N4O8/c1-27-38(25-43-19-21-44(22-20-43)36-15-17-37(18-16-36)45(49)50)52-41(53-39(27)33-9-7-30(26-46)8-10-33)34-13-11-32(12-14-34)35-6-4-5-31(23-35)24-42-40(48)28(2)51-29(3)47/h4-18,23,27-28,38-39,41,46H,19-22,24-26H2,1-3H3,(H,42,48)/t27-,28-,38+,39+,41+/m0/s1. The van der Waals surface area contributed by atoms with Crippen LogP contribution in [0.5, 0.6) is 0 Å². The fraction of sp³-hybridized carbons (Fsp3) is 0.366. The molecule has 0 saturated carbocycles. The Morgan fingerprint density at radius 3 is 2.23 bits per heavy atom. The number of benzene rings is 4. The fourth-order valence-electron chi connectivity index (χ4n) is 6.89. The van der Waals surface area contributed by atoms with Gasteiger partial charge in [-0.25, -0.2) is 0 Å². The maximum absolute atomic E-state index is 12.3. The lowest BCUT2D eigenvalue weighted by Crippen LogP contribution is -2.51. The second-order valence-electron chi connectivity index (χ2n) is 13.7. The van der Waals surface area contributed by atoms with E-state index in [1.54, 1.807) is 19.1 Å². The Kier molecular flexibility index (Phi) is 12.2. The third-order valence-electron chi connectivity index (χ3n) is 9.98. The molecule has 2 saturated heterocycles. The third-order valence-corrected chi connectivity index (χ3v) is 9.98. The lowest BCUT2D eigenvalue weighted by Gasteiger charge is -2.44. The number of amides is 1. The number of rotatable bonds is 12. The number of ether oxygens (including phenoxy) is 3. The van der Waals surface area contributed by atoms with Crippen molar-refractivity contribution in [3.05, 3.63) is 129 Å². The van der Waals surface area contributed by atoms with Crippen LogP contribution in [-0.2, 0) is 37.0 Å². The second kappa shape index (κ2) is 17.1. The minimum Gasteiger partial charge on any atom is -0.453 e. The Labute approximate surface area is 309 Å². The molecular weight excluding hydrogens is 676 g/mol. The van der Waals surface area contributed by atoms with Gasteiger partial charge in [0.1, 0.15) is 0 Å². The number of non-ortho nitro benzene ring substituents is 1. The quantitative estimate of drug-likeness (QED) is 0.103. The molecule has 5 atom stereocenters. The van der Waals surface area contributed by atoms with E-state index in [9.17, 15) is 24.8 Å². The molecule has 4 aromatic carbocycles. The molecule has 1 amide bonds. The van der Waals surface area contributed by atoms with Crippen LogP contribution in [0.1, 0.15) is 55.4 Å². The minimum atomic E-state index is -0.866. The van der Waals surface area contributed by atoms with Gasteiger partial charge in [0.25, 0.3) is 11.6 Å². The van der Waals surface area contributed by atoms with E-state index < -0.39 is 18.4 Å². The summed E-state index contributed by atoms with van der Waals surface area (Å²) in [6.45, 7) is 9.22. The van der Waals surface area contributed by atoms with Crippen molar-refractivity contribution in [2.45, 2.75) is 58.5 Å². The molecule has 12 heteroatoms. The first-order valence-electron chi connectivity index (χ1n) is 17.9. The van der Waals surface area contributed by atoms with Gasteiger partial charge in [0, 0.05) is 75.5 Å². The maximum Gasteiger partial charge on any atom is 0.303 e. The van der Waals surface area contributed by atoms with Gasteiger partial charge in [-0.05, 0) is 52.9 Å². The van der Waals surface area contributed by atoms with E-state index in [0.717, 1.165) is 71.8 Å². The van der Waals surface area contributed by atoms with E-state index in [2.05, 4.69) is 22.0 Å². The Balaban J connectivity index is 1.14. The number of anilines is 1. The SMILES string of the molecule is CC(=O)O[C@@H](C)C(=O)NCc1cccc(-c2ccc([C@@H]3O[C@H](CN4CCN(c5ccc([N+](=O)[O-])cc5)CC4)[C@H](C)[C@H](c4ccc(CO)cc4)O3)cc2)c1. The topological polar surface area (TPSA) is 144 Å². The minimum absolute atomic E-state index is 0.0270. The first-order chi connectivity index (χ1) is 25.6. The average molecular weight is 723 g/mol. The van der Waals surface area contributed by atoms with Crippen molar-refractivity contribution in [1.29, 1.82) is 0 Å². The van der Waals surface area contributed by atoms with Gasteiger partial charge < -0.3 is 29.5 Å². The summed E-state index contributed by atoms with van der Waals surface area (Å²) in [6, 6.07) is 30.7. The van der Waals surface area contributed by atoms with Crippen molar-refractivity contribution in [2.75, 3.05) is 37.6 Å². The van der Waals surface area contributed by atoms with Crippen LogP contribution >= 0.6 is 0 Å². The molecule has 0 spiro atoms. The number of aliphatic hydroxyl groups excluding tert-OH is 1. The lowest BCUT2D eigenvalue weighted by atomic mass is 9.89. The number of aliphatic hydroxyl groups is 1. The van der Waals surface area contributed by atoms with E-state index in [0.29, 0.717) is 6.54 Å². The zero-order chi connectivity index (χ0) is 37.5. The summed E-state index contributed by atoms with van der Waals surface area (Å²) in [5.74, 6) is -0.822. The second-order valence-corrected chi connectivity index (χ2v) is 13.7.